The van der Waals surface area contributed by atoms with Crippen molar-refractivity contribution >= 4 is 40.8 Å². The molecule has 224 valence electrons. The molecular weight excluding hydrogens is 599 g/mol. The second kappa shape index (κ2) is 11.6. The fourth-order valence-electron chi connectivity index (χ4n) is 5.80. The number of aryl methyl sites for hydroxylation is 1. The maximum Gasteiger partial charge on any atom is 0.434 e. The molecule has 4 aromatic rings. The van der Waals surface area contributed by atoms with Crippen LogP contribution in [0.1, 0.15) is 28.4 Å². The molecule has 1 aliphatic carbocycles. The smallest absolute Gasteiger partial charge is 0.434 e. The van der Waals surface area contributed by atoms with Crippen molar-refractivity contribution in [2.24, 2.45) is 11.8 Å². The first-order chi connectivity index (χ1) is 20.6. The number of alkyl halides is 3. The molecule has 1 amide bonds. The van der Waals surface area contributed by atoms with E-state index in [9.17, 15) is 18.0 Å². The largest absolute Gasteiger partial charge is 0.445 e. The number of alkyl carbamates (subject to hydrolysis) is 1. The summed E-state index contributed by atoms with van der Waals surface area (Å²) in [5, 5.41) is 6.16. The number of halogens is 3. The van der Waals surface area contributed by atoms with Crippen LogP contribution in [0.5, 0.6) is 0 Å². The maximum absolute atomic E-state index is 13.4. The van der Waals surface area contributed by atoms with Crippen LogP contribution in [-0.4, -0.2) is 45.7 Å². The number of fused-ring (bicyclic) bond motifs is 1. The summed E-state index contributed by atoms with van der Waals surface area (Å²) in [6.45, 7) is 3.86. The molecule has 3 atom stereocenters. The number of nitrogens with two attached hydrogens (primary N) is 1. The number of hydrogen-bond donors (Lipinski definition) is 2. The van der Waals surface area contributed by atoms with Crippen LogP contribution < -0.4 is 16.0 Å². The highest BCUT2D eigenvalue weighted by Crippen LogP contribution is 2.64. The van der Waals surface area contributed by atoms with Gasteiger partial charge < -0.3 is 20.7 Å². The van der Waals surface area contributed by atoms with E-state index in [0.717, 1.165) is 40.6 Å². The Morgan fingerprint density at radius 3 is 2.72 bits per heavy atom. The highest BCUT2D eigenvalue weighted by Gasteiger charge is 2.68. The fraction of sp³-hybridized carbons (Fsp3) is 0.345. The van der Waals surface area contributed by atoms with E-state index in [1.165, 1.54) is 12.1 Å². The number of benzene rings is 1. The van der Waals surface area contributed by atoms with Crippen LogP contribution in [0.3, 0.4) is 0 Å². The van der Waals surface area contributed by atoms with Gasteiger partial charge in [-0.05, 0) is 42.9 Å². The molecule has 2 aliphatic rings. The minimum absolute atomic E-state index is 0.0436. The van der Waals surface area contributed by atoms with Crippen molar-refractivity contribution in [2.75, 3.05) is 30.3 Å². The van der Waals surface area contributed by atoms with Crippen LogP contribution in [0.15, 0.2) is 70.2 Å². The third kappa shape index (κ3) is 5.98. The van der Waals surface area contributed by atoms with E-state index in [1.807, 2.05) is 42.6 Å². The van der Waals surface area contributed by atoms with E-state index in [4.69, 9.17) is 15.5 Å². The van der Waals surface area contributed by atoms with Crippen molar-refractivity contribution in [3.63, 3.8) is 0 Å². The summed E-state index contributed by atoms with van der Waals surface area (Å²) in [4.78, 5) is 31.8. The van der Waals surface area contributed by atoms with Crippen molar-refractivity contribution in [3.8, 4) is 0 Å². The quantitative estimate of drug-likeness (QED) is 0.253. The zero-order valence-corrected chi connectivity index (χ0v) is 24.7. The number of nitrogens with zero attached hydrogens (tertiary/aromatic N) is 5. The molecule has 3 aromatic heterocycles. The molecule has 4 heterocycles. The van der Waals surface area contributed by atoms with Gasteiger partial charge in [-0.3, -0.25) is 4.98 Å². The number of carbonyl (C=O) groups is 1. The number of piperidine rings is 1. The molecule has 2 fully saturated rings. The Hall–Kier alpha value is -3.91. The first-order valence-corrected chi connectivity index (χ1v) is 15.3. The van der Waals surface area contributed by atoms with E-state index in [1.54, 1.807) is 17.5 Å². The zero-order valence-electron chi connectivity index (χ0n) is 23.0. The third-order valence-corrected chi connectivity index (χ3v) is 10.1. The molecule has 0 spiro atoms. The molecule has 9 nitrogen and oxygen atoms in total. The zero-order chi connectivity index (χ0) is 30.2. The lowest BCUT2D eigenvalue weighted by molar-refractivity contribution is -0.143. The molecule has 3 N–H and O–H groups in total. The second-order valence-corrected chi connectivity index (χ2v) is 12.5. The van der Waals surface area contributed by atoms with E-state index < -0.39 is 18.0 Å². The average Bonchev–Trinajstić information content (AvgIpc) is 3.43. The molecule has 1 saturated heterocycles. The van der Waals surface area contributed by atoms with E-state index in [-0.39, 0.29) is 33.7 Å². The van der Waals surface area contributed by atoms with Crippen LogP contribution in [0.4, 0.5) is 29.6 Å². The number of nitrogens with one attached hydrogen (secondary N) is 1. The molecular formula is C29H28F3N7O2S2. The molecule has 1 aliphatic heterocycles. The van der Waals surface area contributed by atoms with Gasteiger partial charge in [0.2, 0.25) is 0 Å². The summed E-state index contributed by atoms with van der Waals surface area (Å²) >= 11 is 2.38. The Balaban J connectivity index is 1.15. The number of ether oxygens (including phenoxy) is 1. The van der Waals surface area contributed by atoms with Crippen LogP contribution in [-0.2, 0) is 22.9 Å². The summed E-state index contributed by atoms with van der Waals surface area (Å²) in [6, 6.07) is 12.3. The normalized spacial score (nSPS) is 21.3. The highest BCUT2D eigenvalue weighted by atomic mass is 32.2. The number of anilines is 2. The topological polar surface area (TPSA) is 119 Å². The molecule has 0 bridgehead atoms. The SMILES string of the molecule is Cc1csc(C2(CNC(=O)OCc3ccccc3)C3CCN(c4cnc(Sc5cccnc5C(F)(F)F)c(N)n4)CC32)n1. The highest BCUT2D eigenvalue weighted by molar-refractivity contribution is 7.99. The Morgan fingerprint density at radius 2 is 2.00 bits per heavy atom. The van der Waals surface area contributed by atoms with Crippen LogP contribution in [0, 0.1) is 18.8 Å². The van der Waals surface area contributed by atoms with E-state index in [2.05, 4.69) is 25.2 Å². The minimum Gasteiger partial charge on any atom is -0.445 e. The van der Waals surface area contributed by atoms with Gasteiger partial charge in [0.15, 0.2) is 11.5 Å². The van der Waals surface area contributed by atoms with Gasteiger partial charge in [0.25, 0.3) is 0 Å². The molecule has 43 heavy (non-hydrogen) atoms. The number of amides is 1. The molecule has 0 radical (unpaired) electrons. The van der Waals surface area contributed by atoms with E-state index in [0.29, 0.717) is 31.4 Å². The van der Waals surface area contributed by atoms with Gasteiger partial charge in [-0.15, -0.1) is 11.3 Å². The van der Waals surface area contributed by atoms with Crippen LogP contribution >= 0.6 is 23.1 Å². The van der Waals surface area contributed by atoms with Crippen molar-refractivity contribution in [1.82, 2.24) is 25.3 Å². The molecule has 1 saturated carbocycles. The van der Waals surface area contributed by atoms with Gasteiger partial charge in [-0.1, -0.05) is 42.1 Å². The van der Waals surface area contributed by atoms with Gasteiger partial charge >= 0.3 is 12.3 Å². The molecule has 14 heteroatoms. The van der Waals surface area contributed by atoms with Gasteiger partial charge in [0.1, 0.15) is 22.5 Å². The van der Waals surface area contributed by atoms with Gasteiger partial charge in [0.05, 0.1) is 6.20 Å². The van der Waals surface area contributed by atoms with Gasteiger partial charge in [-0.25, -0.2) is 19.7 Å². The number of hydrogen-bond acceptors (Lipinski definition) is 10. The predicted molar refractivity (Wildman–Crippen MR) is 157 cm³/mol. The third-order valence-electron chi connectivity index (χ3n) is 7.90. The summed E-state index contributed by atoms with van der Waals surface area (Å²) in [5.41, 5.74) is 6.70. The number of aromatic nitrogens is 4. The minimum atomic E-state index is -4.60. The lowest BCUT2D eigenvalue weighted by Gasteiger charge is -2.27. The lowest BCUT2D eigenvalue weighted by Crippen LogP contribution is -2.35. The number of carbonyl (C=O) groups excluding carboxylic acids is 1. The van der Waals surface area contributed by atoms with E-state index >= 15 is 0 Å². The number of thiazole rings is 1. The maximum atomic E-state index is 13.4. The van der Waals surface area contributed by atoms with Crippen molar-refractivity contribution in [3.05, 3.63) is 82.2 Å². The Kier molecular flexibility index (Phi) is 7.90. The predicted octanol–water partition coefficient (Wildman–Crippen LogP) is 5.71. The van der Waals surface area contributed by atoms with Crippen molar-refractivity contribution in [2.45, 2.75) is 41.5 Å². The van der Waals surface area contributed by atoms with Gasteiger partial charge in [-0.2, -0.15) is 13.2 Å². The number of pyridine rings is 1. The summed E-state index contributed by atoms with van der Waals surface area (Å²) in [6.07, 6.45) is -1.60. The lowest BCUT2D eigenvalue weighted by atomic mass is 10.0. The van der Waals surface area contributed by atoms with Crippen molar-refractivity contribution < 1.29 is 22.7 Å². The average molecular weight is 628 g/mol. The summed E-state index contributed by atoms with van der Waals surface area (Å²) in [7, 11) is 0. The summed E-state index contributed by atoms with van der Waals surface area (Å²) < 4.78 is 45.7. The number of rotatable bonds is 8. The Bertz CT molecular complexity index is 1620. The fourth-order valence-corrected chi connectivity index (χ4v) is 7.81. The monoisotopic (exact) mass is 627 g/mol. The van der Waals surface area contributed by atoms with Crippen LogP contribution in [0.2, 0.25) is 0 Å². The second-order valence-electron chi connectivity index (χ2n) is 10.6. The first kappa shape index (κ1) is 29.2. The first-order valence-electron chi connectivity index (χ1n) is 13.6. The molecule has 1 aromatic carbocycles. The summed E-state index contributed by atoms with van der Waals surface area (Å²) in [5.74, 6) is 1.11. The Labute approximate surface area is 254 Å². The molecule has 3 unspecified atom stereocenters. The Morgan fingerprint density at radius 1 is 1.19 bits per heavy atom. The van der Waals surface area contributed by atoms with Crippen molar-refractivity contribution in [1.29, 1.82) is 0 Å². The number of nitrogen functional groups attached to an aromatic ring is 1. The van der Waals surface area contributed by atoms with Gasteiger partial charge in [0, 0.05) is 47.2 Å². The standard InChI is InChI=1S/C29H28F3N7O2S2/c1-17-15-42-26(37-17)28(16-36-27(40)41-14-18-6-3-2-4-7-18)19-9-11-39(13-20(19)28)22-12-35-25(24(33)38-22)43-21-8-5-10-34-23(21)29(30,31)32/h2-8,10,12,15,19-20H,9,11,13-14,16H2,1H3,(H2,33,38)(H,36,40). The van der Waals surface area contributed by atoms with Crippen LogP contribution in [0.25, 0.3) is 0 Å². The molecule has 6 rings (SSSR count).